The topological polar surface area (TPSA) is 45.0 Å². The zero-order valence-corrected chi connectivity index (χ0v) is 14.8. The Labute approximate surface area is 139 Å². The van der Waals surface area contributed by atoms with Gasteiger partial charge in [-0.15, -0.1) is 0 Å². The quantitative estimate of drug-likeness (QED) is 0.848. The van der Waals surface area contributed by atoms with Crippen molar-refractivity contribution in [3.8, 4) is 0 Å². The number of piperidine rings is 1. The number of hydrogen-bond donors (Lipinski definition) is 2. The second kappa shape index (κ2) is 5.09. The number of nitrogens with one attached hydrogen (secondary N) is 1. The molecule has 1 fully saturated rings. The molecule has 3 N–H and O–H groups in total. The maximum Gasteiger partial charge on any atom is 0.0497 e. The lowest BCUT2D eigenvalue weighted by atomic mass is 9.71. The van der Waals surface area contributed by atoms with Crippen LogP contribution in [0.2, 0.25) is 0 Å². The maximum atomic E-state index is 6.01. The summed E-state index contributed by atoms with van der Waals surface area (Å²) in [5.41, 5.74) is 12.0. The normalized spacial score (nSPS) is 28.1. The van der Waals surface area contributed by atoms with Crippen molar-refractivity contribution in [3.63, 3.8) is 0 Å². The van der Waals surface area contributed by atoms with E-state index in [1.54, 1.807) is 5.56 Å². The monoisotopic (exact) mass is 311 g/mol. The summed E-state index contributed by atoms with van der Waals surface area (Å²) in [4.78, 5) is 6.15. The second-order valence-electron chi connectivity index (χ2n) is 8.67. The minimum absolute atomic E-state index is 0.167. The molecule has 0 amide bonds. The van der Waals surface area contributed by atoms with Crippen LogP contribution < -0.4 is 5.73 Å². The fourth-order valence-corrected chi connectivity index (χ4v) is 4.91. The van der Waals surface area contributed by atoms with Crippen molar-refractivity contribution < 1.29 is 0 Å². The van der Waals surface area contributed by atoms with E-state index in [0.29, 0.717) is 17.9 Å². The molecule has 3 nitrogen and oxygen atoms in total. The van der Waals surface area contributed by atoms with Crippen molar-refractivity contribution in [1.82, 2.24) is 9.88 Å². The predicted octanol–water partition coefficient (Wildman–Crippen LogP) is 3.38. The highest BCUT2D eigenvalue weighted by atomic mass is 15.1. The van der Waals surface area contributed by atoms with Gasteiger partial charge in [0.1, 0.15) is 0 Å². The Morgan fingerprint density at radius 3 is 2.78 bits per heavy atom. The van der Waals surface area contributed by atoms with Gasteiger partial charge >= 0.3 is 0 Å². The van der Waals surface area contributed by atoms with Crippen molar-refractivity contribution >= 4 is 10.9 Å². The molecule has 1 unspecified atom stereocenters. The molecule has 23 heavy (non-hydrogen) atoms. The number of aromatic amines is 1. The Bertz CT molecular complexity index is 737. The van der Waals surface area contributed by atoms with E-state index >= 15 is 0 Å². The lowest BCUT2D eigenvalue weighted by molar-refractivity contribution is 0.115. The molecule has 1 aromatic heterocycles. The Morgan fingerprint density at radius 2 is 2.09 bits per heavy atom. The molecule has 0 saturated carbocycles. The van der Waals surface area contributed by atoms with Crippen LogP contribution in [-0.4, -0.2) is 36.1 Å². The van der Waals surface area contributed by atoms with Crippen LogP contribution in [0.15, 0.2) is 18.3 Å². The van der Waals surface area contributed by atoms with Crippen LogP contribution >= 0.6 is 0 Å². The van der Waals surface area contributed by atoms with E-state index in [2.05, 4.69) is 56.0 Å². The summed E-state index contributed by atoms with van der Waals surface area (Å²) in [6.45, 7) is 8.84. The third-order valence-electron chi connectivity index (χ3n) is 6.08. The fourth-order valence-electron chi connectivity index (χ4n) is 4.91. The fraction of sp³-hybridized carbons (Fsp3) is 0.600. The van der Waals surface area contributed by atoms with Crippen LogP contribution in [0.5, 0.6) is 0 Å². The third-order valence-corrected chi connectivity index (χ3v) is 6.08. The molecule has 3 heteroatoms. The Balaban J connectivity index is 1.88. The molecular weight excluding hydrogens is 282 g/mol. The number of fused-ring (bicyclic) bond motifs is 2. The largest absolute Gasteiger partial charge is 0.361 e. The SMILES string of the molecule is CN1CC(CN)C[C@@H]2c3ccc(C(C)(C)C)c4[nH]cc(c34)C[C@H]21. The van der Waals surface area contributed by atoms with Gasteiger partial charge in [-0.1, -0.05) is 32.9 Å². The van der Waals surface area contributed by atoms with Gasteiger partial charge in [0.25, 0.3) is 0 Å². The zero-order chi connectivity index (χ0) is 16.4. The number of rotatable bonds is 1. The minimum atomic E-state index is 0.167. The van der Waals surface area contributed by atoms with Crippen molar-refractivity contribution in [1.29, 1.82) is 0 Å². The molecule has 0 bridgehead atoms. The van der Waals surface area contributed by atoms with E-state index < -0.39 is 0 Å². The molecule has 3 atom stereocenters. The van der Waals surface area contributed by atoms with Gasteiger partial charge in [-0.25, -0.2) is 0 Å². The van der Waals surface area contributed by atoms with E-state index in [4.69, 9.17) is 5.73 Å². The number of likely N-dealkylation sites (N-methyl/N-ethyl adjacent to an activating group) is 1. The third kappa shape index (κ3) is 2.25. The van der Waals surface area contributed by atoms with Crippen LogP contribution in [0.25, 0.3) is 10.9 Å². The van der Waals surface area contributed by atoms with Gasteiger partial charge in [-0.2, -0.15) is 0 Å². The van der Waals surface area contributed by atoms with Gasteiger partial charge < -0.3 is 15.6 Å². The summed E-state index contributed by atoms with van der Waals surface area (Å²) in [6, 6.07) is 5.39. The van der Waals surface area contributed by atoms with E-state index in [1.807, 2.05) is 0 Å². The van der Waals surface area contributed by atoms with Gasteiger partial charge in [-0.3, -0.25) is 0 Å². The standard InChI is InChI=1S/C20H29N3/c1-20(2,3)16-6-5-14-15-7-12(9-21)11-23(4)17(15)8-13-10-22-19(16)18(13)14/h5-6,10,12,15,17,22H,7-9,11,21H2,1-4H3/t12?,15-,17-/m1/s1. The lowest BCUT2D eigenvalue weighted by Gasteiger charge is -2.45. The summed E-state index contributed by atoms with van der Waals surface area (Å²) < 4.78 is 0. The first kappa shape index (κ1) is 15.2. The molecule has 1 aromatic carbocycles. The lowest BCUT2D eigenvalue weighted by Crippen LogP contribution is -2.49. The van der Waals surface area contributed by atoms with E-state index in [-0.39, 0.29) is 5.41 Å². The Morgan fingerprint density at radius 1 is 1.30 bits per heavy atom. The number of nitrogens with zero attached hydrogens (tertiary/aromatic N) is 1. The van der Waals surface area contributed by atoms with Gasteiger partial charge in [0, 0.05) is 35.6 Å². The molecule has 2 aliphatic rings. The number of aromatic nitrogens is 1. The number of likely N-dealkylation sites (tertiary alicyclic amines) is 1. The van der Waals surface area contributed by atoms with E-state index in [9.17, 15) is 0 Å². The van der Waals surface area contributed by atoms with Gasteiger partial charge in [0.15, 0.2) is 0 Å². The summed E-state index contributed by atoms with van der Waals surface area (Å²) in [6.07, 6.45) is 4.65. The number of H-pyrrole nitrogens is 1. The summed E-state index contributed by atoms with van der Waals surface area (Å²) in [5.74, 6) is 1.25. The average molecular weight is 311 g/mol. The van der Waals surface area contributed by atoms with Gasteiger partial charge in [0.05, 0.1) is 0 Å². The first-order chi connectivity index (χ1) is 10.9. The van der Waals surface area contributed by atoms with Crippen molar-refractivity contribution in [3.05, 3.63) is 35.0 Å². The highest BCUT2D eigenvalue weighted by Crippen LogP contribution is 2.46. The van der Waals surface area contributed by atoms with Crippen molar-refractivity contribution in [2.24, 2.45) is 11.7 Å². The molecule has 1 saturated heterocycles. The number of benzene rings is 1. The molecule has 2 heterocycles. The maximum absolute atomic E-state index is 6.01. The summed E-state index contributed by atoms with van der Waals surface area (Å²) in [7, 11) is 2.28. The van der Waals surface area contributed by atoms with Crippen molar-refractivity contribution in [2.45, 2.75) is 51.0 Å². The predicted molar refractivity (Wildman–Crippen MR) is 97.0 cm³/mol. The molecule has 2 aromatic rings. The highest BCUT2D eigenvalue weighted by Gasteiger charge is 2.39. The van der Waals surface area contributed by atoms with Gasteiger partial charge in [0.2, 0.25) is 0 Å². The molecular formula is C20H29N3. The molecule has 0 spiro atoms. The van der Waals surface area contributed by atoms with Crippen LogP contribution in [-0.2, 0) is 11.8 Å². The first-order valence-electron chi connectivity index (χ1n) is 8.93. The molecule has 0 radical (unpaired) electrons. The molecule has 1 aliphatic carbocycles. The smallest absolute Gasteiger partial charge is 0.0497 e. The van der Waals surface area contributed by atoms with Gasteiger partial charge in [-0.05, 0) is 54.5 Å². The summed E-state index contributed by atoms with van der Waals surface area (Å²) >= 11 is 0. The van der Waals surface area contributed by atoms with Crippen LogP contribution in [0, 0.1) is 5.92 Å². The van der Waals surface area contributed by atoms with E-state index in [0.717, 1.165) is 13.1 Å². The van der Waals surface area contributed by atoms with E-state index in [1.165, 1.54) is 34.9 Å². The first-order valence-corrected chi connectivity index (χ1v) is 8.93. The highest BCUT2D eigenvalue weighted by molar-refractivity contribution is 5.91. The minimum Gasteiger partial charge on any atom is -0.361 e. The number of hydrogen-bond acceptors (Lipinski definition) is 2. The number of nitrogens with two attached hydrogens (primary N) is 1. The Kier molecular flexibility index (Phi) is 3.37. The average Bonchev–Trinajstić information content (AvgIpc) is 2.92. The molecule has 4 rings (SSSR count). The summed E-state index contributed by atoms with van der Waals surface area (Å²) in [5, 5.41) is 1.50. The second-order valence-corrected chi connectivity index (χ2v) is 8.67. The zero-order valence-electron chi connectivity index (χ0n) is 14.8. The molecule has 1 aliphatic heterocycles. The van der Waals surface area contributed by atoms with Crippen molar-refractivity contribution in [2.75, 3.05) is 20.1 Å². The van der Waals surface area contributed by atoms with Crippen LogP contribution in [0.3, 0.4) is 0 Å². The van der Waals surface area contributed by atoms with Crippen LogP contribution in [0.1, 0.15) is 49.8 Å². The Hall–Kier alpha value is -1.32. The van der Waals surface area contributed by atoms with Crippen LogP contribution in [0.4, 0.5) is 0 Å². The molecule has 124 valence electrons.